The molecule has 0 aromatic rings. The molecule has 120 valence electrons. The van der Waals surface area contributed by atoms with Crippen LogP contribution in [0.3, 0.4) is 0 Å². The van der Waals surface area contributed by atoms with E-state index in [1.54, 1.807) is 0 Å². The Morgan fingerprint density at radius 1 is 1.29 bits per heavy atom. The minimum Gasteiger partial charge on any atom is -0.481 e. The number of aliphatic carboxylic acids is 1. The van der Waals surface area contributed by atoms with Crippen molar-refractivity contribution >= 4 is 11.9 Å². The Bertz CT molecular complexity index is 391. The van der Waals surface area contributed by atoms with Gasteiger partial charge in [0.05, 0.1) is 11.5 Å². The molecule has 0 aromatic carbocycles. The molecule has 1 saturated heterocycles. The molecule has 21 heavy (non-hydrogen) atoms. The third kappa shape index (κ3) is 3.74. The lowest BCUT2D eigenvalue weighted by Crippen LogP contribution is -2.47. The SMILES string of the molecule is CC1CCC(CNC(=O)C2CCC(CN)O2)(C(=O)O)CC1. The van der Waals surface area contributed by atoms with Gasteiger partial charge in [0.1, 0.15) is 6.10 Å². The van der Waals surface area contributed by atoms with Crippen LogP contribution in [0.1, 0.15) is 45.4 Å². The topological polar surface area (TPSA) is 102 Å². The first-order valence-electron chi connectivity index (χ1n) is 7.83. The number of rotatable bonds is 5. The average molecular weight is 298 g/mol. The zero-order valence-corrected chi connectivity index (χ0v) is 12.6. The molecule has 0 radical (unpaired) electrons. The molecule has 2 atom stereocenters. The van der Waals surface area contributed by atoms with Gasteiger partial charge in [0, 0.05) is 13.1 Å². The Hall–Kier alpha value is -1.14. The quantitative estimate of drug-likeness (QED) is 0.699. The second kappa shape index (κ2) is 6.75. The lowest BCUT2D eigenvalue weighted by atomic mass is 9.71. The molecule has 0 aromatic heterocycles. The van der Waals surface area contributed by atoms with Gasteiger partial charge in [-0.15, -0.1) is 0 Å². The van der Waals surface area contributed by atoms with Gasteiger partial charge in [0.15, 0.2) is 0 Å². The second-order valence-corrected chi connectivity index (χ2v) is 6.55. The van der Waals surface area contributed by atoms with Crippen molar-refractivity contribution in [1.82, 2.24) is 5.32 Å². The minimum atomic E-state index is -0.811. The molecule has 1 saturated carbocycles. The summed E-state index contributed by atoms with van der Waals surface area (Å²) in [5.74, 6) is -0.441. The normalized spacial score (nSPS) is 36.4. The highest BCUT2D eigenvalue weighted by Gasteiger charge is 2.42. The fourth-order valence-corrected chi connectivity index (χ4v) is 3.22. The van der Waals surface area contributed by atoms with Crippen LogP contribution in [0, 0.1) is 11.3 Å². The Kier molecular flexibility index (Phi) is 5.22. The minimum absolute atomic E-state index is 0.0512. The van der Waals surface area contributed by atoms with Gasteiger partial charge in [-0.2, -0.15) is 0 Å². The molecule has 1 aliphatic heterocycles. The largest absolute Gasteiger partial charge is 0.481 e. The van der Waals surface area contributed by atoms with Gasteiger partial charge in [0.25, 0.3) is 0 Å². The first-order valence-corrected chi connectivity index (χ1v) is 7.83. The maximum absolute atomic E-state index is 12.1. The number of carbonyl (C=O) groups excluding carboxylic acids is 1. The van der Waals surface area contributed by atoms with E-state index in [0.29, 0.717) is 31.7 Å². The fourth-order valence-electron chi connectivity index (χ4n) is 3.22. The Morgan fingerprint density at radius 2 is 1.95 bits per heavy atom. The highest BCUT2D eigenvalue weighted by Crippen LogP contribution is 2.38. The molecule has 1 amide bonds. The number of carboxylic acid groups (broad SMARTS) is 1. The van der Waals surface area contributed by atoms with Gasteiger partial charge in [-0.1, -0.05) is 6.92 Å². The molecular formula is C15H26N2O4. The van der Waals surface area contributed by atoms with Gasteiger partial charge < -0.3 is 20.9 Å². The molecule has 6 heteroatoms. The van der Waals surface area contributed by atoms with Crippen molar-refractivity contribution in [3.8, 4) is 0 Å². The first-order chi connectivity index (χ1) is 9.97. The fraction of sp³-hybridized carbons (Fsp3) is 0.867. The second-order valence-electron chi connectivity index (χ2n) is 6.55. The van der Waals surface area contributed by atoms with Gasteiger partial charge in [-0.3, -0.25) is 9.59 Å². The molecule has 2 unspecified atom stereocenters. The van der Waals surface area contributed by atoms with E-state index in [1.165, 1.54) is 0 Å². The Labute approximate surface area is 125 Å². The number of carbonyl (C=O) groups is 2. The van der Waals surface area contributed by atoms with Crippen LogP contribution in [-0.2, 0) is 14.3 Å². The number of nitrogens with one attached hydrogen (secondary N) is 1. The van der Waals surface area contributed by atoms with E-state index in [1.807, 2.05) is 0 Å². The van der Waals surface area contributed by atoms with Crippen molar-refractivity contribution < 1.29 is 19.4 Å². The summed E-state index contributed by atoms with van der Waals surface area (Å²) in [7, 11) is 0. The molecule has 1 heterocycles. The number of ether oxygens (including phenoxy) is 1. The maximum Gasteiger partial charge on any atom is 0.311 e. The summed E-state index contributed by atoms with van der Waals surface area (Å²) < 4.78 is 5.54. The van der Waals surface area contributed by atoms with Gasteiger partial charge in [0.2, 0.25) is 5.91 Å². The number of hydrogen-bond acceptors (Lipinski definition) is 4. The number of amides is 1. The van der Waals surface area contributed by atoms with Crippen molar-refractivity contribution in [2.45, 2.75) is 57.7 Å². The zero-order chi connectivity index (χ0) is 15.5. The predicted molar refractivity (Wildman–Crippen MR) is 77.7 cm³/mol. The molecule has 0 spiro atoms. The van der Waals surface area contributed by atoms with Gasteiger partial charge in [-0.25, -0.2) is 0 Å². The Balaban J connectivity index is 1.88. The van der Waals surface area contributed by atoms with Crippen LogP contribution >= 0.6 is 0 Å². The molecule has 4 N–H and O–H groups in total. The van der Waals surface area contributed by atoms with E-state index >= 15 is 0 Å². The molecular weight excluding hydrogens is 272 g/mol. The van der Waals surface area contributed by atoms with Crippen LogP contribution in [0.4, 0.5) is 0 Å². The maximum atomic E-state index is 12.1. The van der Waals surface area contributed by atoms with E-state index in [9.17, 15) is 14.7 Å². The van der Waals surface area contributed by atoms with Crippen LogP contribution in [0.2, 0.25) is 0 Å². The summed E-state index contributed by atoms with van der Waals surface area (Å²) in [5.41, 5.74) is 4.71. The average Bonchev–Trinajstić information content (AvgIpc) is 2.95. The molecule has 0 bridgehead atoms. The third-order valence-electron chi connectivity index (χ3n) is 4.95. The lowest BCUT2D eigenvalue weighted by Gasteiger charge is -2.36. The van der Waals surface area contributed by atoms with E-state index in [4.69, 9.17) is 10.5 Å². The van der Waals surface area contributed by atoms with Crippen molar-refractivity contribution in [2.75, 3.05) is 13.1 Å². The number of carboxylic acids is 1. The van der Waals surface area contributed by atoms with Crippen LogP contribution in [0.15, 0.2) is 0 Å². The summed E-state index contributed by atoms with van der Waals surface area (Å²) in [6, 6.07) is 0. The summed E-state index contributed by atoms with van der Waals surface area (Å²) in [6.45, 7) is 2.76. The van der Waals surface area contributed by atoms with Crippen LogP contribution in [-0.4, -0.2) is 42.3 Å². The molecule has 6 nitrogen and oxygen atoms in total. The summed E-state index contributed by atoms with van der Waals surface area (Å²) in [6.07, 6.45) is 3.97. The summed E-state index contributed by atoms with van der Waals surface area (Å²) in [4.78, 5) is 23.7. The molecule has 2 fully saturated rings. The molecule has 2 aliphatic rings. The zero-order valence-electron chi connectivity index (χ0n) is 12.6. The monoisotopic (exact) mass is 298 g/mol. The van der Waals surface area contributed by atoms with Crippen LogP contribution in [0.5, 0.6) is 0 Å². The van der Waals surface area contributed by atoms with Crippen molar-refractivity contribution in [1.29, 1.82) is 0 Å². The van der Waals surface area contributed by atoms with E-state index in [0.717, 1.165) is 19.3 Å². The number of nitrogens with two attached hydrogens (primary N) is 1. The first kappa shape index (κ1) is 16.2. The smallest absolute Gasteiger partial charge is 0.311 e. The molecule has 1 aliphatic carbocycles. The highest BCUT2D eigenvalue weighted by atomic mass is 16.5. The summed E-state index contributed by atoms with van der Waals surface area (Å²) >= 11 is 0. The van der Waals surface area contributed by atoms with Crippen molar-refractivity contribution in [3.63, 3.8) is 0 Å². The van der Waals surface area contributed by atoms with Crippen molar-refractivity contribution in [2.24, 2.45) is 17.1 Å². The van der Waals surface area contributed by atoms with E-state index < -0.39 is 17.5 Å². The van der Waals surface area contributed by atoms with Gasteiger partial charge >= 0.3 is 5.97 Å². The third-order valence-corrected chi connectivity index (χ3v) is 4.95. The lowest BCUT2D eigenvalue weighted by molar-refractivity contribution is -0.152. The van der Waals surface area contributed by atoms with Gasteiger partial charge in [-0.05, 0) is 44.4 Å². The predicted octanol–water partition coefficient (Wildman–Crippen LogP) is 0.890. The highest BCUT2D eigenvalue weighted by molar-refractivity contribution is 5.82. The number of hydrogen-bond donors (Lipinski definition) is 3. The van der Waals surface area contributed by atoms with Crippen molar-refractivity contribution in [3.05, 3.63) is 0 Å². The standard InChI is InChI=1S/C15H26N2O4/c1-10-4-6-15(7-5-10,14(19)20)9-17-13(18)12-3-2-11(8-16)21-12/h10-12H,2-9,16H2,1H3,(H,17,18)(H,19,20). The van der Waals surface area contributed by atoms with E-state index in [-0.39, 0.29) is 18.6 Å². The van der Waals surface area contributed by atoms with Crippen LogP contribution in [0.25, 0.3) is 0 Å². The van der Waals surface area contributed by atoms with E-state index in [2.05, 4.69) is 12.2 Å². The Morgan fingerprint density at radius 3 is 2.48 bits per heavy atom. The summed E-state index contributed by atoms with van der Waals surface area (Å²) in [5, 5.41) is 12.3. The molecule has 2 rings (SSSR count). The van der Waals surface area contributed by atoms with Crippen LogP contribution < -0.4 is 11.1 Å².